The van der Waals surface area contributed by atoms with Crippen LogP contribution in [0.2, 0.25) is 0 Å². The van der Waals surface area contributed by atoms with Gasteiger partial charge in [-0.2, -0.15) is 0 Å². The van der Waals surface area contributed by atoms with E-state index in [0.717, 1.165) is 0 Å². The molecule has 0 unspecified atom stereocenters. The van der Waals surface area contributed by atoms with Crippen molar-refractivity contribution in [1.82, 2.24) is 27.0 Å². The minimum absolute atomic E-state index is 0. The second-order valence-corrected chi connectivity index (χ2v) is 4.30. The van der Waals surface area contributed by atoms with Crippen molar-refractivity contribution >= 4 is 0 Å². The molecule has 0 amide bonds. The standard InChI is InChI=1S/C6H12N2.C6H15N.2H3N/c1-2-8-5-3-7(1)4-6-8;1-4-7(5-2)6-3;;/h1-6H2;4-6H2,1-3H3;2*1H3. The highest BCUT2D eigenvalue weighted by Gasteiger charge is 2.21. The smallest absolute Gasteiger partial charge is 0.0110 e. The molecule has 0 aromatic carbocycles. The zero-order valence-corrected chi connectivity index (χ0v) is 12.1. The van der Waals surface area contributed by atoms with Gasteiger partial charge < -0.3 is 17.2 Å². The average Bonchev–Trinajstić information content (AvgIpc) is 2.35. The Morgan fingerprint density at radius 1 is 0.647 bits per heavy atom. The van der Waals surface area contributed by atoms with E-state index in [-0.39, 0.29) is 12.3 Å². The van der Waals surface area contributed by atoms with E-state index in [1.165, 1.54) is 58.9 Å². The molecule has 0 aliphatic carbocycles. The lowest BCUT2D eigenvalue weighted by Crippen LogP contribution is -2.55. The molecule has 6 N–H and O–H groups in total. The zero-order valence-electron chi connectivity index (χ0n) is 12.1. The van der Waals surface area contributed by atoms with E-state index >= 15 is 0 Å². The highest BCUT2D eigenvalue weighted by Crippen LogP contribution is 2.06. The van der Waals surface area contributed by atoms with Gasteiger partial charge in [0.2, 0.25) is 0 Å². The van der Waals surface area contributed by atoms with Gasteiger partial charge in [-0.3, -0.25) is 9.80 Å². The van der Waals surface area contributed by atoms with Crippen LogP contribution in [-0.2, 0) is 0 Å². The molecule has 3 aliphatic rings. The van der Waals surface area contributed by atoms with Gasteiger partial charge in [-0.15, -0.1) is 0 Å². The minimum atomic E-state index is 0. The molecule has 5 heteroatoms. The summed E-state index contributed by atoms with van der Waals surface area (Å²) in [4.78, 5) is 7.46. The number of piperazine rings is 3. The number of nitrogens with zero attached hydrogens (tertiary/aromatic N) is 3. The fourth-order valence-electron chi connectivity index (χ4n) is 2.19. The quantitative estimate of drug-likeness (QED) is 0.785. The summed E-state index contributed by atoms with van der Waals surface area (Å²) in [5.74, 6) is 0. The second-order valence-electron chi connectivity index (χ2n) is 4.30. The SMILES string of the molecule is C1CN2CCN1CC2.CCN(CC)CC.N.N. The minimum Gasteiger partial charge on any atom is -0.344 e. The van der Waals surface area contributed by atoms with Crippen molar-refractivity contribution in [2.75, 3.05) is 58.9 Å². The monoisotopic (exact) mass is 247 g/mol. The van der Waals surface area contributed by atoms with E-state index in [0.29, 0.717) is 0 Å². The van der Waals surface area contributed by atoms with Gasteiger partial charge in [0.25, 0.3) is 0 Å². The highest BCUT2D eigenvalue weighted by atomic mass is 15.3. The van der Waals surface area contributed by atoms with Crippen LogP contribution in [0.25, 0.3) is 0 Å². The van der Waals surface area contributed by atoms with E-state index in [1.54, 1.807) is 0 Å². The normalized spacial score (nSPS) is 25.4. The molecule has 3 aliphatic heterocycles. The summed E-state index contributed by atoms with van der Waals surface area (Å²) >= 11 is 0. The summed E-state index contributed by atoms with van der Waals surface area (Å²) in [6.45, 7) is 18.0. The van der Waals surface area contributed by atoms with Crippen molar-refractivity contribution in [3.8, 4) is 0 Å². The maximum absolute atomic E-state index is 2.54. The Morgan fingerprint density at radius 2 is 0.882 bits per heavy atom. The maximum Gasteiger partial charge on any atom is 0.0110 e. The van der Waals surface area contributed by atoms with E-state index in [1.807, 2.05) is 0 Å². The molecular formula is C12H33N5. The van der Waals surface area contributed by atoms with Crippen molar-refractivity contribution < 1.29 is 0 Å². The molecular weight excluding hydrogens is 214 g/mol. The van der Waals surface area contributed by atoms with Crippen molar-refractivity contribution in [3.05, 3.63) is 0 Å². The van der Waals surface area contributed by atoms with Gasteiger partial charge in [-0.1, -0.05) is 20.8 Å². The van der Waals surface area contributed by atoms with E-state index in [9.17, 15) is 0 Å². The number of rotatable bonds is 3. The van der Waals surface area contributed by atoms with Crippen LogP contribution in [0.5, 0.6) is 0 Å². The van der Waals surface area contributed by atoms with Crippen LogP contribution in [0.3, 0.4) is 0 Å². The number of hydrogen-bond donors (Lipinski definition) is 2. The molecule has 0 aromatic heterocycles. The van der Waals surface area contributed by atoms with Crippen LogP contribution in [-0.4, -0.2) is 73.6 Å². The van der Waals surface area contributed by atoms with Crippen LogP contribution in [0.1, 0.15) is 20.8 Å². The summed E-state index contributed by atoms with van der Waals surface area (Å²) in [5, 5.41) is 0. The van der Waals surface area contributed by atoms with Crippen molar-refractivity contribution in [1.29, 1.82) is 0 Å². The van der Waals surface area contributed by atoms with Crippen LogP contribution in [0.15, 0.2) is 0 Å². The lowest BCUT2D eigenvalue weighted by Gasteiger charge is -2.41. The Kier molecular flexibility index (Phi) is 12.3. The lowest BCUT2D eigenvalue weighted by molar-refractivity contribution is 0.0647. The van der Waals surface area contributed by atoms with Crippen molar-refractivity contribution in [2.45, 2.75) is 20.8 Å². The van der Waals surface area contributed by atoms with Crippen molar-refractivity contribution in [2.24, 2.45) is 0 Å². The molecule has 3 heterocycles. The predicted octanol–water partition coefficient (Wildman–Crippen LogP) is 1.29. The van der Waals surface area contributed by atoms with Crippen LogP contribution < -0.4 is 12.3 Å². The van der Waals surface area contributed by atoms with Gasteiger partial charge in [0.1, 0.15) is 0 Å². The fourth-order valence-corrected chi connectivity index (χ4v) is 2.19. The summed E-state index contributed by atoms with van der Waals surface area (Å²) < 4.78 is 0. The van der Waals surface area contributed by atoms with Crippen LogP contribution in [0, 0.1) is 0 Å². The Hall–Kier alpha value is -0.200. The number of hydrogen-bond acceptors (Lipinski definition) is 5. The predicted molar refractivity (Wildman–Crippen MR) is 76.4 cm³/mol. The summed E-state index contributed by atoms with van der Waals surface area (Å²) in [6.07, 6.45) is 0. The van der Waals surface area contributed by atoms with Gasteiger partial charge in [-0.25, -0.2) is 0 Å². The van der Waals surface area contributed by atoms with Gasteiger partial charge in [-0.05, 0) is 19.6 Å². The summed E-state index contributed by atoms with van der Waals surface area (Å²) in [5.41, 5.74) is 0. The van der Waals surface area contributed by atoms with Crippen LogP contribution in [0.4, 0.5) is 0 Å². The molecule has 3 saturated heterocycles. The third-order valence-electron chi connectivity index (χ3n) is 3.54. The van der Waals surface area contributed by atoms with Gasteiger partial charge in [0.05, 0.1) is 0 Å². The molecule has 3 rings (SSSR count). The molecule has 0 aromatic rings. The molecule has 0 radical (unpaired) electrons. The molecule has 0 atom stereocenters. The molecule has 2 bridgehead atoms. The Morgan fingerprint density at radius 3 is 0.941 bits per heavy atom. The maximum atomic E-state index is 2.54. The first-order valence-electron chi connectivity index (χ1n) is 6.47. The number of fused-ring (bicyclic) bond motifs is 3. The first-order valence-corrected chi connectivity index (χ1v) is 6.47. The van der Waals surface area contributed by atoms with E-state index in [2.05, 4.69) is 35.5 Å². The molecule has 3 fully saturated rings. The average molecular weight is 247 g/mol. The Bertz CT molecular complexity index is 124. The molecule has 0 spiro atoms. The Balaban J connectivity index is 0. The first kappa shape index (κ1) is 19.1. The third kappa shape index (κ3) is 6.95. The Labute approximate surface area is 107 Å². The summed E-state index contributed by atoms with van der Waals surface area (Å²) in [6, 6.07) is 0. The molecule has 17 heavy (non-hydrogen) atoms. The fraction of sp³-hybridized carbons (Fsp3) is 1.00. The lowest BCUT2D eigenvalue weighted by atomic mass is 10.2. The van der Waals surface area contributed by atoms with E-state index < -0.39 is 0 Å². The van der Waals surface area contributed by atoms with Gasteiger partial charge in [0, 0.05) is 39.3 Å². The van der Waals surface area contributed by atoms with E-state index in [4.69, 9.17) is 0 Å². The van der Waals surface area contributed by atoms with Gasteiger partial charge >= 0.3 is 0 Å². The largest absolute Gasteiger partial charge is 0.344 e. The third-order valence-corrected chi connectivity index (χ3v) is 3.54. The summed E-state index contributed by atoms with van der Waals surface area (Å²) in [7, 11) is 0. The van der Waals surface area contributed by atoms with Crippen LogP contribution >= 0.6 is 0 Å². The first-order chi connectivity index (χ1) is 7.30. The van der Waals surface area contributed by atoms with Gasteiger partial charge in [0.15, 0.2) is 0 Å². The molecule has 5 nitrogen and oxygen atoms in total. The topological polar surface area (TPSA) is 79.7 Å². The molecule has 106 valence electrons. The highest BCUT2D eigenvalue weighted by molar-refractivity contribution is 4.78. The van der Waals surface area contributed by atoms with Crippen molar-refractivity contribution in [3.63, 3.8) is 0 Å². The zero-order chi connectivity index (χ0) is 11.1. The molecule has 0 saturated carbocycles. The second kappa shape index (κ2) is 10.9.